The molecule has 3 N–H and O–H groups in total. The van der Waals surface area contributed by atoms with Crippen molar-refractivity contribution in [1.29, 1.82) is 0 Å². The van der Waals surface area contributed by atoms with Crippen LogP contribution in [-0.2, 0) is 17.9 Å². The summed E-state index contributed by atoms with van der Waals surface area (Å²) in [5.74, 6) is 0.745. The zero-order valence-electron chi connectivity index (χ0n) is 16.7. The number of hydrogen-bond acceptors (Lipinski definition) is 3. The molecular weight excluding hydrogens is 441 g/mol. The fraction of sp³-hybridized carbons (Fsp3) is 0.650. The number of methoxy groups -OCH3 is 1. The van der Waals surface area contributed by atoms with Gasteiger partial charge in [0.05, 0.1) is 18.8 Å². The molecule has 0 amide bonds. The van der Waals surface area contributed by atoms with E-state index in [0.717, 1.165) is 49.3 Å². The number of rotatable bonds is 11. The van der Waals surface area contributed by atoms with Crippen LogP contribution in [0.3, 0.4) is 0 Å². The highest BCUT2D eigenvalue weighted by Gasteiger charge is 2.24. The average molecular weight is 477 g/mol. The molecule has 150 valence electrons. The molecule has 0 heterocycles. The third-order valence-corrected chi connectivity index (χ3v) is 4.11. The second-order valence-corrected chi connectivity index (χ2v) is 6.52. The van der Waals surface area contributed by atoms with Crippen molar-refractivity contribution in [3.63, 3.8) is 0 Å². The first kappa shape index (κ1) is 25.1. The van der Waals surface area contributed by atoms with E-state index in [0.29, 0.717) is 19.7 Å². The van der Waals surface area contributed by atoms with E-state index in [1.807, 2.05) is 6.92 Å². The van der Waals surface area contributed by atoms with Gasteiger partial charge >= 0.3 is 0 Å². The van der Waals surface area contributed by atoms with Crippen LogP contribution in [0, 0.1) is 0 Å². The molecule has 0 aliphatic rings. The predicted molar refractivity (Wildman–Crippen MR) is 120 cm³/mol. The molecule has 0 spiro atoms. The van der Waals surface area contributed by atoms with E-state index >= 15 is 0 Å². The van der Waals surface area contributed by atoms with Crippen LogP contribution < -0.4 is 10.6 Å². The molecule has 0 aromatic heterocycles. The molecule has 0 aliphatic carbocycles. The lowest BCUT2D eigenvalue weighted by atomic mass is 9.93. The highest BCUT2D eigenvalue weighted by atomic mass is 127. The Morgan fingerprint density at radius 3 is 2.12 bits per heavy atom. The number of aliphatic hydroxyl groups is 1. The zero-order valence-corrected chi connectivity index (χ0v) is 19.0. The van der Waals surface area contributed by atoms with E-state index in [1.165, 1.54) is 0 Å². The van der Waals surface area contributed by atoms with E-state index in [4.69, 9.17) is 4.74 Å². The lowest BCUT2D eigenvalue weighted by Crippen LogP contribution is -2.47. The summed E-state index contributed by atoms with van der Waals surface area (Å²) >= 11 is 0. The molecule has 0 saturated heterocycles. The summed E-state index contributed by atoms with van der Waals surface area (Å²) in [4.78, 5) is 4.63. The normalized spacial score (nSPS) is 11.8. The van der Waals surface area contributed by atoms with Crippen LogP contribution in [0.4, 0.5) is 0 Å². The fourth-order valence-corrected chi connectivity index (χ4v) is 2.90. The second kappa shape index (κ2) is 14.2. The summed E-state index contributed by atoms with van der Waals surface area (Å²) in [5.41, 5.74) is 1.64. The molecule has 0 unspecified atom stereocenters. The monoisotopic (exact) mass is 477 g/mol. The molecule has 0 bridgehead atoms. The summed E-state index contributed by atoms with van der Waals surface area (Å²) in [6, 6.07) is 8.28. The molecular formula is C20H36IN3O2. The quantitative estimate of drug-likeness (QED) is 0.258. The van der Waals surface area contributed by atoms with Crippen LogP contribution in [0.5, 0.6) is 0 Å². The Balaban J connectivity index is 0.00000625. The molecule has 0 aliphatic heterocycles. The van der Waals surface area contributed by atoms with Crippen molar-refractivity contribution in [1.82, 2.24) is 10.6 Å². The Hall–Kier alpha value is -0.860. The van der Waals surface area contributed by atoms with Gasteiger partial charge in [0, 0.05) is 20.2 Å². The number of guanidine groups is 1. The van der Waals surface area contributed by atoms with Crippen LogP contribution in [0.25, 0.3) is 0 Å². The topological polar surface area (TPSA) is 65.9 Å². The molecule has 26 heavy (non-hydrogen) atoms. The first-order valence-corrected chi connectivity index (χ1v) is 9.38. The summed E-state index contributed by atoms with van der Waals surface area (Å²) in [5, 5.41) is 17.3. The summed E-state index contributed by atoms with van der Waals surface area (Å²) in [7, 11) is 1.70. The molecule has 1 aromatic carbocycles. The van der Waals surface area contributed by atoms with Gasteiger partial charge in [-0.05, 0) is 30.9 Å². The van der Waals surface area contributed by atoms with Crippen molar-refractivity contribution < 1.29 is 9.84 Å². The summed E-state index contributed by atoms with van der Waals surface area (Å²) < 4.78 is 5.13. The Labute approximate surface area is 176 Å². The standard InChI is InChI=1S/C20H35N3O2.HI/c1-5-12-20(24,13-6-2)16-23-19(21-7-3)22-14-17-8-10-18(11-9-17)15-25-4;/h8-11,24H,5-7,12-16H2,1-4H3,(H2,21,22,23);1H. The van der Waals surface area contributed by atoms with Crippen molar-refractivity contribution >= 4 is 29.9 Å². The Morgan fingerprint density at radius 1 is 1.04 bits per heavy atom. The van der Waals surface area contributed by atoms with Gasteiger partial charge in [-0.1, -0.05) is 51.0 Å². The Bertz CT molecular complexity index is 500. The fourth-order valence-electron chi connectivity index (χ4n) is 2.90. The minimum absolute atomic E-state index is 0. The first-order chi connectivity index (χ1) is 12.1. The SMILES string of the molecule is CCCC(O)(CCC)CNC(=NCc1ccc(COC)cc1)NCC.I. The van der Waals surface area contributed by atoms with Gasteiger partial charge in [-0.2, -0.15) is 0 Å². The minimum Gasteiger partial charge on any atom is -0.388 e. The highest BCUT2D eigenvalue weighted by molar-refractivity contribution is 14.0. The van der Waals surface area contributed by atoms with Gasteiger partial charge in [0.1, 0.15) is 0 Å². The predicted octanol–water partition coefficient (Wildman–Crippen LogP) is 3.84. The van der Waals surface area contributed by atoms with Crippen molar-refractivity contribution in [2.75, 3.05) is 20.2 Å². The molecule has 1 rings (SSSR count). The second-order valence-electron chi connectivity index (χ2n) is 6.52. The maximum atomic E-state index is 10.7. The Morgan fingerprint density at radius 2 is 1.62 bits per heavy atom. The van der Waals surface area contributed by atoms with Gasteiger partial charge in [-0.25, -0.2) is 4.99 Å². The largest absolute Gasteiger partial charge is 0.388 e. The molecule has 0 fully saturated rings. The van der Waals surface area contributed by atoms with Crippen LogP contribution >= 0.6 is 24.0 Å². The number of benzene rings is 1. The maximum Gasteiger partial charge on any atom is 0.191 e. The first-order valence-electron chi connectivity index (χ1n) is 9.38. The lowest BCUT2D eigenvalue weighted by molar-refractivity contribution is 0.0257. The smallest absolute Gasteiger partial charge is 0.191 e. The van der Waals surface area contributed by atoms with Crippen LogP contribution in [0.15, 0.2) is 29.3 Å². The molecule has 6 heteroatoms. The van der Waals surface area contributed by atoms with Gasteiger partial charge < -0.3 is 20.5 Å². The van der Waals surface area contributed by atoms with Crippen molar-refractivity contribution in [2.45, 2.75) is 65.2 Å². The average Bonchev–Trinajstić information content (AvgIpc) is 2.59. The number of hydrogen-bond donors (Lipinski definition) is 3. The van der Waals surface area contributed by atoms with Crippen LogP contribution in [-0.4, -0.2) is 36.9 Å². The van der Waals surface area contributed by atoms with E-state index in [-0.39, 0.29) is 24.0 Å². The molecule has 0 atom stereocenters. The lowest BCUT2D eigenvalue weighted by Gasteiger charge is -2.28. The van der Waals surface area contributed by atoms with Crippen molar-refractivity contribution in [3.05, 3.63) is 35.4 Å². The van der Waals surface area contributed by atoms with Crippen LogP contribution in [0.2, 0.25) is 0 Å². The third kappa shape index (κ3) is 9.73. The highest BCUT2D eigenvalue weighted by Crippen LogP contribution is 2.18. The zero-order chi connectivity index (χ0) is 18.5. The Kier molecular flexibility index (Phi) is 13.8. The number of halogens is 1. The number of nitrogens with one attached hydrogen (secondary N) is 2. The molecule has 0 radical (unpaired) electrons. The molecule has 0 saturated carbocycles. The van der Waals surface area contributed by atoms with Gasteiger partial charge in [0.2, 0.25) is 0 Å². The van der Waals surface area contributed by atoms with Gasteiger partial charge in [0.25, 0.3) is 0 Å². The molecule has 1 aromatic rings. The van der Waals surface area contributed by atoms with E-state index < -0.39 is 5.60 Å². The van der Waals surface area contributed by atoms with Gasteiger partial charge in [-0.15, -0.1) is 24.0 Å². The molecule has 5 nitrogen and oxygen atoms in total. The van der Waals surface area contributed by atoms with Gasteiger partial charge in [-0.3, -0.25) is 0 Å². The van der Waals surface area contributed by atoms with Crippen LogP contribution in [0.1, 0.15) is 57.6 Å². The number of aliphatic imine (C=N–C) groups is 1. The minimum atomic E-state index is -0.665. The maximum absolute atomic E-state index is 10.7. The van der Waals surface area contributed by atoms with Crippen molar-refractivity contribution in [2.24, 2.45) is 4.99 Å². The van der Waals surface area contributed by atoms with E-state index in [1.54, 1.807) is 7.11 Å². The van der Waals surface area contributed by atoms with E-state index in [9.17, 15) is 5.11 Å². The number of ether oxygens (including phenoxy) is 1. The van der Waals surface area contributed by atoms with Gasteiger partial charge in [0.15, 0.2) is 5.96 Å². The third-order valence-electron chi connectivity index (χ3n) is 4.11. The number of nitrogens with zero attached hydrogens (tertiary/aromatic N) is 1. The summed E-state index contributed by atoms with van der Waals surface area (Å²) in [6.07, 6.45) is 3.54. The summed E-state index contributed by atoms with van der Waals surface area (Å²) in [6.45, 7) is 8.79. The van der Waals surface area contributed by atoms with E-state index in [2.05, 4.69) is 53.7 Å². The van der Waals surface area contributed by atoms with Crippen molar-refractivity contribution in [3.8, 4) is 0 Å².